The Labute approximate surface area is 83.6 Å². The summed E-state index contributed by atoms with van der Waals surface area (Å²) in [5, 5.41) is 12.1. The molecule has 4 nitrogen and oxygen atoms in total. The average Bonchev–Trinajstić information content (AvgIpc) is 2.14. The van der Waals surface area contributed by atoms with Gasteiger partial charge in [0.15, 0.2) is 0 Å². The second-order valence-electron chi connectivity index (χ2n) is 4.49. The highest BCUT2D eigenvalue weighted by molar-refractivity contribution is 5.79. The molecular weight excluding hydrogens is 182 g/mol. The van der Waals surface area contributed by atoms with E-state index in [1.807, 2.05) is 0 Å². The topological polar surface area (TPSA) is 58.6 Å². The molecule has 2 fully saturated rings. The van der Waals surface area contributed by atoms with Gasteiger partial charge in [-0.1, -0.05) is 0 Å². The molecule has 2 heterocycles. The zero-order valence-electron chi connectivity index (χ0n) is 8.29. The van der Waals surface area contributed by atoms with Crippen LogP contribution in [0.2, 0.25) is 0 Å². The highest BCUT2D eigenvalue weighted by Crippen LogP contribution is 2.36. The molecule has 1 unspecified atom stereocenters. The van der Waals surface area contributed by atoms with Gasteiger partial charge < -0.3 is 15.2 Å². The largest absolute Gasteiger partial charge is 0.396 e. The molecule has 14 heavy (non-hydrogen) atoms. The van der Waals surface area contributed by atoms with Gasteiger partial charge in [0.05, 0.1) is 19.8 Å². The zero-order chi connectivity index (χ0) is 10.0. The van der Waals surface area contributed by atoms with E-state index in [1.165, 1.54) is 0 Å². The first-order valence-electron chi connectivity index (χ1n) is 5.22. The quantitative estimate of drug-likeness (QED) is 0.668. The lowest BCUT2D eigenvalue weighted by molar-refractivity contribution is -0.154. The van der Waals surface area contributed by atoms with Gasteiger partial charge in [0, 0.05) is 17.9 Å². The van der Waals surface area contributed by atoms with Gasteiger partial charge in [0.25, 0.3) is 0 Å². The lowest BCUT2D eigenvalue weighted by Crippen LogP contribution is -2.49. The van der Waals surface area contributed by atoms with Gasteiger partial charge in [-0.15, -0.1) is 0 Å². The van der Waals surface area contributed by atoms with Crippen LogP contribution >= 0.6 is 0 Å². The third-order valence-electron chi connectivity index (χ3n) is 3.23. The Morgan fingerprint density at radius 2 is 2.36 bits per heavy atom. The molecule has 1 atom stereocenters. The molecule has 0 aliphatic carbocycles. The fourth-order valence-electron chi connectivity index (χ4n) is 2.22. The molecule has 0 aromatic rings. The van der Waals surface area contributed by atoms with Crippen LogP contribution in [-0.4, -0.2) is 37.4 Å². The van der Waals surface area contributed by atoms with Crippen LogP contribution in [0, 0.1) is 11.3 Å². The normalized spacial score (nSPS) is 30.6. The molecule has 0 saturated carbocycles. The van der Waals surface area contributed by atoms with E-state index in [9.17, 15) is 9.90 Å². The first-order chi connectivity index (χ1) is 6.76. The Kier molecular flexibility index (Phi) is 2.74. The molecule has 0 aromatic heterocycles. The number of carbonyl (C=O) groups excluding carboxylic acids is 1. The zero-order valence-corrected chi connectivity index (χ0v) is 8.29. The summed E-state index contributed by atoms with van der Waals surface area (Å²) in [7, 11) is 0. The Balaban J connectivity index is 1.91. The highest BCUT2D eigenvalue weighted by Gasteiger charge is 2.41. The minimum absolute atomic E-state index is 0.0831. The minimum atomic E-state index is -0.126. The molecule has 2 N–H and O–H groups in total. The van der Waals surface area contributed by atoms with E-state index in [0.29, 0.717) is 13.2 Å². The van der Waals surface area contributed by atoms with E-state index < -0.39 is 0 Å². The summed E-state index contributed by atoms with van der Waals surface area (Å²) in [4.78, 5) is 11.5. The first kappa shape index (κ1) is 9.93. The molecule has 0 spiro atoms. The molecule has 2 aliphatic rings. The van der Waals surface area contributed by atoms with Gasteiger partial charge in [-0.2, -0.15) is 0 Å². The van der Waals surface area contributed by atoms with Crippen LogP contribution in [0.5, 0.6) is 0 Å². The average molecular weight is 199 g/mol. The van der Waals surface area contributed by atoms with E-state index in [1.54, 1.807) is 0 Å². The first-order valence-corrected chi connectivity index (χ1v) is 5.22. The van der Waals surface area contributed by atoms with Crippen LogP contribution in [0.4, 0.5) is 0 Å². The molecule has 2 rings (SSSR count). The number of ether oxygens (including phenoxy) is 1. The predicted molar refractivity (Wildman–Crippen MR) is 50.7 cm³/mol. The van der Waals surface area contributed by atoms with Crippen molar-refractivity contribution >= 4 is 5.91 Å². The van der Waals surface area contributed by atoms with Crippen LogP contribution in [-0.2, 0) is 9.53 Å². The smallest absolute Gasteiger partial charge is 0.223 e. The van der Waals surface area contributed by atoms with Gasteiger partial charge in [0.1, 0.15) is 0 Å². The van der Waals surface area contributed by atoms with Crippen LogP contribution in [0.25, 0.3) is 0 Å². The van der Waals surface area contributed by atoms with Crippen LogP contribution in [0.3, 0.4) is 0 Å². The molecule has 4 heteroatoms. The lowest BCUT2D eigenvalue weighted by atomic mass is 9.76. The standard InChI is InChI=1S/C10H17NO3/c12-5-10(6-14-7-10)4-8-2-1-3-11-9(8)13/h8,12H,1-7H2,(H,11,13). The Morgan fingerprint density at radius 3 is 2.86 bits per heavy atom. The summed E-state index contributed by atoms with van der Waals surface area (Å²) in [5.41, 5.74) is -0.126. The molecule has 2 saturated heterocycles. The number of hydrogen-bond acceptors (Lipinski definition) is 3. The molecule has 2 aliphatic heterocycles. The fraction of sp³-hybridized carbons (Fsp3) is 0.900. The maximum Gasteiger partial charge on any atom is 0.223 e. The van der Waals surface area contributed by atoms with Crippen molar-refractivity contribution in [3.8, 4) is 0 Å². The summed E-state index contributed by atoms with van der Waals surface area (Å²) < 4.78 is 5.11. The van der Waals surface area contributed by atoms with E-state index >= 15 is 0 Å². The van der Waals surface area contributed by atoms with E-state index in [-0.39, 0.29) is 23.8 Å². The summed E-state index contributed by atoms with van der Waals surface area (Å²) >= 11 is 0. The van der Waals surface area contributed by atoms with Gasteiger partial charge in [-0.05, 0) is 19.3 Å². The second kappa shape index (κ2) is 3.87. The van der Waals surface area contributed by atoms with Crippen molar-refractivity contribution in [2.75, 3.05) is 26.4 Å². The maximum absolute atomic E-state index is 11.5. The van der Waals surface area contributed by atoms with Crippen molar-refractivity contribution in [3.63, 3.8) is 0 Å². The van der Waals surface area contributed by atoms with Gasteiger partial charge in [0.2, 0.25) is 5.91 Å². The van der Waals surface area contributed by atoms with E-state index in [0.717, 1.165) is 25.8 Å². The van der Waals surface area contributed by atoms with Crippen LogP contribution in [0.15, 0.2) is 0 Å². The third-order valence-corrected chi connectivity index (χ3v) is 3.23. The van der Waals surface area contributed by atoms with Crippen LogP contribution < -0.4 is 5.32 Å². The SMILES string of the molecule is O=C1NCCCC1CC1(CO)COC1. The summed E-state index contributed by atoms with van der Waals surface area (Å²) in [5.74, 6) is 0.232. The lowest BCUT2D eigenvalue weighted by Gasteiger charge is -2.42. The number of carbonyl (C=O) groups is 1. The predicted octanol–water partition coefficient (Wildman–Crippen LogP) is -0.0884. The van der Waals surface area contributed by atoms with Crippen LogP contribution in [0.1, 0.15) is 19.3 Å². The molecule has 0 bridgehead atoms. The molecule has 0 radical (unpaired) electrons. The summed E-state index contributed by atoms with van der Waals surface area (Å²) in [6.07, 6.45) is 2.78. The van der Waals surface area contributed by atoms with Gasteiger partial charge >= 0.3 is 0 Å². The number of hydrogen-bond donors (Lipinski definition) is 2. The third kappa shape index (κ3) is 1.77. The van der Waals surface area contributed by atoms with Crippen molar-refractivity contribution in [2.24, 2.45) is 11.3 Å². The van der Waals surface area contributed by atoms with Crippen molar-refractivity contribution in [3.05, 3.63) is 0 Å². The van der Waals surface area contributed by atoms with Gasteiger partial charge in [-0.25, -0.2) is 0 Å². The fourth-order valence-corrected chi connectivity index (χ4v) is 2.22. The molecule has 80 valence electrons. The molecular formula is C10H17NO3. The number of piperidine rings is 1. The number of aliphatic hydroxyl groups excluding tert-OH is 1. The number of nitrogens with one attached hydrogen (secondary N) is 1. The number of rotatable bonds is 3. The Morgan fingerprint density at radius 1 is 1.57 bits per heavy atom. The number of amides is 1. The molecule has 0 aromatic carbocycles. The summed E-state index contributed by atoms with van der Waals surface area (Å²) in [6, 6.07) is 0. The Hall–Kier alpha value is -0.610. The number of aliphatic hydroxyl groups is 1. The molecule has 1 amide bonds. The van der Waals surface area contributed by atoms with E-state index in [2.05, 4.69) is 5.32 Å². The Bertz CT molecular complexity index is 220. The minimum Gasteiger partial charge on any atom is -0.396 e. The van der Waals surface area contributed by atoms with E-state index in [4.69, 9.17) is 4.74 Å². The highest BCUT2D eigenvalue weighted by atomic mass is 16.5. The monoisotopic (exact) mass is 199 g/mol. The van der Waals surface area contributed by atoms with Gasteiger partial charge in [-0.3, -0.25) is 4.79 Å². The summed E-state index contributed by atoms with van der Waals surface area (Å²) in [6.45, 7) is 2.15. The van der Waals surface area contributed by atoms with Crippen molar-refractivity contribution in [1.82, 2.24) is 5.32 Å². The van der Waals surface area contributed by atoms with Crippen molar-refractivity contribution in [2.45, 2.75) is 19.3 Å². The van der Waals surface area contributed by atoms with Crippen molar-refractivity contribution < 1.29 is 14.6 Å². The second-order valence-corrected chi connectivity index (χ2v) is 4.49. The maximum atomic E-state index is 11.5. The van der Waals surface area contributed by atoms with Crippen molar-refractivity contribution in [1.29, 1.82) is 0 Å².